The van der Waals surface area contributed by atoms with Gasteiger partial charge in [0.15, 0.2) is 0 Å². The van der Waals surface area contributed by atoms with E-state index in [0.717, 1.165) is 9.35 Å². The standard InChI is InChI=1S/C10H7Br2NOS/c11-8-2-1-4-13(10(8)14)6-7-3-5-15-9(7)12/h1-5H,6H2. The Morgan fingerprint density at radius 3 is 2.80 bits per heavy atom. The Morgan fingerprint density at radius 1 is 1.33 bits per heavy atom. The summed E-state index contributed by atoms with van der Waals surface area (Å²) in [7, 11) is 0. The Hall–Kier alpha value is -0.390. The zero-order valence-corrected chi connectivity index (χ0v) is 11.6. The van der Waals surface area contributed by atoms with Crippen LogP contribution in [0, 0.1) is 0 Å². The van der Waals surface area contributed by atoms with Gasteiger partial charge >= 0.3 is 0 Å². The van der Waals surface area contributed by atoms with Crippen LogP contribution in [0.3, 0.4) is 0 Å². The largest absolute Gasteiger partial charge is 0.310 e. The molecule has 0 N–H and O–H groups in total. The van der Waals surface area contributed by atoms with Gasteiger partial charge in [0.2, 0.25) is 0 Å². The zero-order chi connectivity index (χ0) is 10.8. The minimum Gasteiger partial charge on any atom is -0.310 e. The fourth-order valence-electron chi connectivity index (χ4n) is 1.25. The summed E-state index contributed by atoms with van der Waals surface area (Å²) in [5.41, 5.74) is 1.12. The fraction of sp³-hybridized carbons (Fsp3) is 0.100. The number of rotatable bonds is 2. The van der Waals surface area contributed by atoms with Gasteiger partial charge < -0.3 is 4.57 Å². The summed E-state index contributed by atoms with van der Waals surface area (Å²) in [4.78, 5) is 11.7. The molecule has 0 saturated carbocycles. The van der Waals surface area contributed by atoms with Crippen molar-refractivity contribution in [1.82, 2.24) is 4.57 Å². The molecule has 2 aromatic heterocycles. The molecule has 2 rings (SSSR count). The van der Waals surface area contributed by atoms with Crippen LogP contribution in [0.1, 0.15) is 5.56 Å². The summed E-state index contributed by atoms with van der Waals surface area (Å²) in [6.07, 6.45) is 1.79. The molecule has 0 aliphatic carbocycles. The smallest absolute Gasteiger partial charge is 0.265 e. The molecule has 0 amide bonds. The van der Waals surface area contributed by atoms with E-state index < -0.39 is 0 Å². The van der Waals surface area contributed by atoms with Gasteiger partial charge in [0.1, 0.15) is 0 Å². The van der Waals surface area contributed by atoms with E-state index in [9.17, 15) is 4.79 Å². The lowest BCUT2D eigenvalue weighted by Crippen LogP contribution is -2.19. The minimum atomic E-state index is -0.00407. The van der Waals surface area contributed by atoms with Crippen molar-refractivity contribution in [2.24, 2.45) is 0 Å². The number of aromatic nitrogens is 1. The van der Waals surface area contributed by atoms with Gasteiger partial charge in [-0.15, -0.1) is 11.3 Å². The Kier molecular flexibility index (Phi) is 3.43. The highest BCUT2D eigenvalue weighted by molar-refractivity contribution is 9.11. The predicted molar refractivity (Wildman–Crippen MR) is 69.5 cm³/mol. The average molecular weight is 349 g/mol. The number of hydrogen-bond acceptors (Lipinski definition) is 2. The number of pyridine rings is 1. The van der Waals surface area contributed by atoms with Crippen molar-refractivity contribution in [1.29, 1.82) is 0 Å². The lowest BCUT2D eigenvalue weighted by Gasteiger charge is -2.04. The molecule has 0 aromatic carbocycles. The van der Waals surface area contributed by atoms with Gasteiger partial charge in [-0.1, -0.05) is 0 Å². The van der Waals surface area contributed by atoms with Crippen molar-refractivity contribution in [3.05, 3.63) is 54.0 Å². The number of thiophene rings is 1. The quantitative estimate of drug-likeness (QED) is 0.814. The van der Waals surface area contributed by atoms with Crippen molar-refractivity contribution in [2.75, 3.05) is 0 Å². The number of halogens is 2. The van der Waals surface area contributed by atoms with Crippen LogP contribution in [-0.2, 0) is 6.54 Å². The van der Waals surface area contributed by atoms with Gasteiger partial charge in [-0.25, -0.2) is 0 Å². The third-order valence-electron chi connectivity index (χ3n) is 2.01. The molecular formula is C10H7Br2NOS. The second-order valence-electron chi connectivity index (χ2n) is 3.01. The van der Waals surface area contributed by atoms with Crippen molar-refractivity contribution in [3.63, 3.8) is 0 Å². The van der Waals surface area contributed by atoms with Gasteiger partial charge in [0.25, 0.3) is 5.56 Å². The van der Waals surface area contributed by atoms with Gasteiger partial charge in [0.05, 0.1) is 14.8 Å². The third kappa shape index (κ3) is 2.41. The Bertz CT molecular complexity index is 532. The summed E-state index contributed by atoms with van der Waals surface area (Å²) >= 11 is 8.31. The molecule has 0 fully saturated rings. The molecule has 15 heavy (non-hydrogen) atoms. The highest BCUT2D eigenvalue weighted by Crippen LogP contribution is 2.23. The van der Waals surface area contributed by atoms with E-state index in [-0.39, 0.29) is 5.56 Å². The molecule has 0 radical (unpaired) electrons. The van der Waals surface area contributed by atoms with E-state index in [1.54, 1.807) is 28.2 Å². The molecule has 0 unspecified atom stereocenters. The number of nitrogens with zero attached hydrogens (tertiary/aromatic N) is 1. The second kappa shape index (κ2) is 4.63. The average Bonchev–Trinajstić information content (AvgIpc) is 2.60. The molecule has 2 heterocycles. The van der Waals surface area contributed by atoms with Gasteiger partial charge in [-0.05, 0) is 61.0 Å². The van der Waals surface area contributed by atoms with Crippen LogP contribution in [0.2, 0.25) is 0 Å². The maximum Gasteiger partial charge on any atom is 0.265 e. The normalized spacial score (nSPS) is 10.5. The maximum atomic E-state index is 11.7. The van der Waals surface area contributed by atoms with Crippen LogP contribution in [0.15, 0.2) is 42.8 Å². The summed E-state index contributed by atoms with van der Waals surface area (Å²) in [6.45, 7) is 0.600. The van der Waals surface area contributed by atoms with E-state index in [1.807, 2.05) is 17.5 Å². The van der Waals surface area contributed by atoms with Crippen molar-refractivity contribution < 1.29 is 0 Å². The summed E-state index contributed by atoms with van der Waals surface area (Å²) in [5.74, 6) is 0. The molecule has 0 saturated heterocycles. The molecular weight excluding hydrogens is 342 g/mol. The highest BCUT2D eigenvalue weighted by Gasteiger charge is 2.04. The topological polar surface area (TPSA) is 22.0 Å². The van der Waals surface area contributed by atoms with E-state index in [1.165, 1.54) is 0 Å². The van der Waals surface area contributed by atoms with Crippen molar-refractivity contribution in [2.45, 2.75) is 6.54 Å². The van der Waals surface area contributed by atoms with E-state index in [2.05, 4.69) is 31.9 Å². The first-order valence-corrected chi connectivity index (χ1v) is 6.72. The van der Waals surface area contributed by atoms with E-state index >= 15 is 0 Å². The molecule has 0 aliphatic rings. The molecule has 0 spiro atoms. The van der Waals surface area contributed by atoms with Gasteiger partial charge in [0, 0.05) is 6.20 Å². The highest BCUT2D eigenvalue weighted by atomic mass is 79.9. The van der Waals surface area contributed by atoms with Crippen LogP contribution >= 0.6 is 43.2 Å². The van der Waals surface area contributed by atoms with E-state index in [4.69, 9.17) is 0 Å². The molecule has 0 bridgehead atoms. The Balaban J connectivity index is 2.37. The first-order chi connectivity index (χ1) is 7.18. The fourth-order valence-corrected chi connectivity index (χ4v) is 2.84. The third-order valence-corrected chi connectivity index (χ3v) is 4.42. The van der Waals surface area contributed by atoms with Crippen LogP contribution in [0.25, 0.3) is 0 Å². The van der Waals surface area contributed by atoms with Crippen LogP contribution < -0.4 is 5.56 Å². The molecule has 2 aromatic rings. The summed E-state index contributed by atoms with van der Waals surface area (Å²) < 4.78 is 3.35. The van der Waals surface area contributed by atoms with Gasteiger partial charge in [-0.2, -0.15) is 0 Å². The summed E-state index contributed by atoms with van der Waals surface area (Å²) in [5, 5.41) is 2.00. The monoisotopic (exact) mass is 347 g/mol. The maximum absolute atomic E-state index is 11.7. The lowest BCUT2D eigenvalue weighted by molar-refractivity contribution is 0.755. The molecule has 0 atom stereocenters. The molecule has 2 nitrogen and oxygen atoms in total. The molecule has 78 valence electrons. The predicted octanol–water partition coefficient (Wildman–Crippen LogP) is 3.48. The first-order valence-electron chi connectivity index (χ1n) is 4.25. The number of hydrogen-bond donors (Lipinski definition) is 0. The van der Waals surface area contributed by atoms with Crippen LogP contribution in [-0.4, -0.2) is 4.57 Å². The van der Waals surface area contributed by atoms with Crippen molar-refractivity contribution >= 4 is 43.2 Å². The van der Waals surface area contributed by atoms with Crippen LogP contribution in [0.5, 0.6) is 0 Å². The SMILES string of the molecule is O=c1c(Br)cccn1Cc1ccsc1Br. The molecule has 0 aliphatic heterocycles. The van der Waals surface area contributed by atoms with Crippen LogP contribution in [0.4, 0.5) is 0 Å². The first kappa shape index (κ1) is 11.1. The van der Waals surface area contributed by atoms with E-state index in [0.29, 0.717) is 11.0 Å². The Morgan fingerprint density at radius 2 is 2.13 bits per heavy atom. The van der Waals surface area contributed by atoms with Gasteiger partial charge in [-0.3, -0.25) is 4.79 Å². The zero-order valence-electron chi connectivity index (χ0n) is 7.61. The molecule has 5 heteroatoms. The Labute approximate surface area is 108 Å². The summed E-state index contributed by atoms with van der Waals surface area (Å²) in [6, 6.07) is 5.62. The minimum absolute atomic E-state index is 0.00407. The lowest BCUT2D eigenvalue weighted by atomic mass is 10.3. The second-order valence-corrected chi connectivity index (χ2v) is 6.10. The van der Waals surface area contributed by atoms with Crippen molar-refractivity contribution in [3.8, 4) is 0 Å².